The number of halogens is 1. The number of sulfonamides is 1. The lowest BCUT2D eigenvalue weighted by atomic mass is 10.2. The van der Waals surface area contributed by atoms with Gasteiger partial charge in [-0.1, -0.05) is 35.8 Å². The van der Waals surface area contributed by atoms with Crippen LogP contribution in [0.3, 0.4) is 0 Å². The largest absolute Gasteiger partial charge is 0.322 e. The Morgan fingerprint density at radius 3 is 2.48 bits per heavy atom. The number of benzene rings is 2. The summed E-state index contributed by atoms with van der Waals surface area (Å²) in [6, 6.07) is 9.37. The number of hydrogen-bond acceptors (Lipinski definition) is 5. The van der Waals surface area contributed by atoms with E-state index in [0.717, 1.165) is 47.2 Å². The van der Waals surface area contributed by atoms with Crippen LogP contribution in [0.15, 0.2) is 46.1 Å². The number of nitrogens with one attached hydrogen (secondary N) is 1. The summed E-state index contributed by atoms with van der Waals surface area (Å²) in [4.78, 5) is 24.7. The molecule has 31 heavy (non-hydrogen) atoms. The number of carbonyl (C=O) groups is 1. The zero-order valence-electron chi connectivity index (χ0n) is 16.9. The number of fused-ring (bicyclic) bond motifs is 1. The van der Waals surface area contributed by atoms with Crippen LogP contribution in [0.2, 0.25) is 5.02 Å². The van der Waals surface area contributed by atoms with Gasteiger partial charge in [0.1, 0.15) is 0 Å². The van der Waals surface area contributed by atoms with Crippen LogP contribution in [0, 0.1) is 0 Å². The third-order valence-corrected chi connectivity index (χ3v) is 8.66. The number of aryl methyl sites for hydroxylation is 1. The van der Waals surface area contributed by atoms with Crippen molar-refractivity contribution in [3.63, 3.8) is 0 Å². The molecule has 4 rings (SSSR count). The molecule has 164 valence electrons. The van der Waals surface area contributed by atoms with Gasteiger partial charge in [-0.25, -0.2) is 8.42 Å². The Morgan fingerprint density at radius 2 is 1.77 bits per heavy atom. The van der Waals surface area contributed by atoms with Crippen LogP contribution in [-0.2, 0) is 17.1 Å². The second-order valence-corrected chi connectivity index (χ2v) is 10.9. The highest BCUT2D eigenvalue weighted by atomic mass is 35.5. The molecule has 1 aromatic heterocycles. The summed E-state index contributed by atoms with van der Waals surface area (Å²) in [6.07, 6.45) is 3.68. The molecule has 1 N–H and O–H groups in total. The summed E-state index contributed by atoms with van der Waals surface area (Å²) in [5.74, 6) is -0.513. The Labute approximate surface area is 189 Å². The number of hydrogen-bond donors (Lipinski definition) is 1. The molecule has 10 heteroatoms. The molecule has 0 unspecified atom stereocenters. The minimum Gasteiger partial charge on any atom is -0.322 e. The molecule has 1 aliphatic rings. The molecule has 1 amide bonds. The average Bonchev–Trinajstić information content (AvgIpc) is 2.93. The Hall–Kier alpha value is -2.20. The maximum absolute atomic E-state index is 13.1. The van der Waals surface area contributed by atoms with Gasteiger partial charge in [-0.3, -0.25) is 9.59 Å². The molecule has 0 atom stereocenters. The monoisotopic (exact) mass is 479 g/mol. The molecule has 0 radical (unpaired) electrons. The molecule has 3 aromatic rings. The van der Waals surface area contributed by atoms with Crippen molar-refractivity contribution in [1.29, 1.82) is 0 Å². The van der Waals surface area contributed by atoms with Crippen molar-refractivity contribution in [3.8, 4) is 0 Å². The minimum atomic E-state index is -3.70. The summed E-state index contributed by atoms with van der Waals surface area (Å²) in [5.41, 5.74) is 1.35. The van der Waals surface area contributed by atoms with Crippen molar-refractivity contribution >= 4 is 54.8 Å². The van der Waals surface area contributed by atoms with E-state index >= 15 is 0 Å². The van der Waals surface area contributed by atoms with Crippen molar-refractivity contribution in [2.24, 2.45) is 7.05 Å². The summed E-state index contributed by atoms with van der Waals surface area (Å²) in [6.45, 7) is 0.957. The maximum atomic E-state index is 13.1. The van der Waals surface area contributed by atoms with Crippen LogP contribution in [0.5, 0.6) is 0 Å². The van der Waals surface area contributed by atoms with E-state index in [1.807, 2.05) is 0 Å². The lowest BCUT2D eigenvalue weighted by Gasteiger charge is -2.20. The molecule has 0 spiro atoms. The van der Waals surface area contributed by atoms with E-state index in [4.69, 9.17) is 11.6 Å². The summed E-state index contributed by atoms with van der Waals surface area (Å²) < 4.78 is 29.9. The number of carbonyl (C=O) groups excluding carboxylic acids is 1. The zero-order valence-corrected chi connectivity index (χ0v) is 19.3. The van der Waals surface area contributed by atoms with Gasteiger partial charge in [0.2, 0.25) is 10.0 Å². The van der Waals surface area contributed by atoms with Gasteiger partial charge in [0.05, 0.1) is 25.7 Å². The fourth-order valence-corrected chi connectivity index (χ4v) is 6.35. The number of aromatic nitrogens is 1. The topological polar surface area (TPSA) is 88.5 Å². The van der Waals surface area contributed by atoms with Gasteiger partial charge in [-0.2, -0.15) is 4.31 Å². The van der Waals surface area contributed by atoms with Crippen LogP contribution in [0.1, 0.15) is 36.0 Å². The van der Waals surface area contributed by atoms with Crippen LogP contribution in [0.25, 0.3) is 10.2 Å². The van der Waals surface area contributed by atoms with E-state index in [-0.39, 0.29) is 20.4 Å². The van der Waals surface area contributed by atoms with Gasteiger partial charge >= 0.3 is 4.87 Å². The first kappa shape index (κ1) is 22.0. The number of thiazole rings is 1. The van der Waals surface area contributed by atoms with E-state index in [1.54, 1.807) is 29.8 Å². The Balaban J connectivity index is 1.62. The smallest absolute Gasteiger partial charge is 0.307 e. The van der Waals surface area contributed by atoms with Gasteiger partial charge in [-0.05, 0) is 49.2 Å². The van der Waals surface area contributed by atoms with Gasteiger partial charge in [0.15, 0.2) is 0 Å². The number of nitrogens with zero attached hydrogens (tertiary/aromatic N) is 2. The third-order valence-electron chi connectivity index (χ3n) is 5.44. The Morgan fingerprint density at radius 1 is 1.06 bits per heavy atom. The van der Waals surface area contributed by atoms with Crippen LogP contribution >= 0.6 is 22.9 Å². The van der Waals surface area contributed by atoms with E-state index in [1.165, 1.54) is 22.5 Å². The second-order valence-electron chi connectivity index (χ2n) is 7.52. The molecular weight excluding hydrogens is 458 g/mol. The third kappa shape index (κ3) is 4.41. The first-order valence-corrected chi connectivity index (χ1v) is 12.6. The maximum Gasteiger partial charge on any atom is 0.307 e. The Kier molecular flexibility index (Phi) is 6.20. The van der Waals surface area contributed by atoms with Crippen LogP contribution < -0.4 is 10.2 Å². The van der Waals surface area contributed by atoms with Crippen molar-refractivity contribution in [2.45, 2.75) is 30.6 Å². The minimum absolute atomic E-state index is 0.0562. The fourth-order valence-electron chi connectivity index (χ4n) is 3.68. The molecule has 2 heterocycles. The molecule has 2 aromatic carbocycles. The molecule has 1 fully saturated rings. The molecule has 1 aliphatic heterocycles. The second kappa shape index (κ2) is 8.74. The van der Waals surface area contributed by atoms with E-state index < -0.39 is 15.9 Å². The molecule has 0 saturated carbocycles. The van der Waals surface area contributed by atoms with Gasteiger partial charge < -0.3 is 9.88 Å². The quantitative estimate of drug-likeness (QED) is 0.610. The highest BCUT2D eigenvalue weighted by molar-refractivity contribution is 7.89. The highest BCUT2D eigenvalue weighted by Gasteiger charge is 2.26. The Bertz CT molecular complexity index is 1310. The van der Waals surface area contributed by atoms with Crippen molar-refractivity contribution in [1.82, 2.24) is 8.87 Å². The summed E-state index contributed by atoms with van der Waals surface area (Å²) in [7, 11) is -2.01. The molecule has 7 nitrogen and oxygen atoms in total. The van der Waals surface area contributed by atoms with Crippen molar-refractivity contribution < 1.29 is 13.2 Å². The van der Waals surface area contributed by atoms with Crippen molar-refractivity contribution in [3.05, 3.63) is 56.7 Å². The number of rotatable bonds is 4. The first-order valence-electron chi connectivity index (χ1n) is 9.98. The molecule has 0 bridgehead atoms. The van der Waals surface area contributed by atoms with Crippen molar-refractivity contribution in [2.75, 3.05) is 18.4 Å². The van der Waals surface area contributed by atoms with Crippen LogP contribution in [-0.4, -0.2) is 36.3 Å². The lowest BCUT2D eigenvalue weighted by molar-refractivity contribution is 0.102. The van der Waals surface area contributed by atoms with E-state index in [2.05, 4.69) is 5.32 Å². The van der Waals surface area contributed by atoms with Gasteiger partial charge in [0.25, 0.3) is 5.91 Å². The lowest BCUT2D eigenvalue weighted by Crippen LogP contribution is -2.32. The summed E-state index contributed by atoms with van der Waals surface area (Å²) >= 11 is 7.31. The number of anilines is 1. The molecule has 0 aliphatic carbocycles. The highest BCUT2D eigenvalue weighted by Crippen LogP contribution is 2.27. The predicted molar refractivity (Wildman–Crippen MR) is 124 cm³/mol. The molecular formula is C21H22ClN3O4S2. The standard InChI is InChI=1S/C21H22ClN3O4S2/c1-24-18-9-6-14(12-19(18)30-21(24)27)23-20(26)16-13-15(7-8-17(16)22)31(28,29)25-10-4-2-3-5-11-25/h6-9,12-13H,2-5,10-11H2,1H3,(H,23,26). The average molecular weight is 480 g/mol. The zero-order chi connectivity index (χ0) is 22.2. The molecule has 1 saturated heterocycles. The first-order chi connectivity index (χ1) is 14.8. The van der Waals surface area contributed by atoms with E-state index in [9.17, 15) is 18.0 Å². The van der Waals surface area contributed by atoms with Gasteiger partial charge in [0, 0.05) is 25.8 Å². The normalized spacial score (nSPS) is 15.7. The SMILES string of the molecule is Cn1c(=O)sc2cc(NC(=O)c3cc(S(=O)(=O)N4CCCCCC4)ccc3Cl)ccc21. The summed E-state index contributed by atoms with van der Waals surface area (Å²) in [5, 5.41) is 2.92. The number of amides is 1. The predicted octanol–water partition coefficient (Wildman–Crippen LogP) is 4.07. The van der Waals surface area contributed by atoms with Gasteiger partial charge in [-0.15, -0.1) is 0 Å². The fraction of sp³-hybridized carbons (Fsp3) is 0.333. The van der Waals surface area contributed by atoms with E-state index in [0.29, 0.717) is 18.8 Å². The van der Waals surface area contributed by atoms with Crippen LogP contribution in [0.4, 0.5) is 5.69 Å².